The van der Waals surface area contributed by atoms with E-state index in [2.05, 4.69) is 47.1 Å². The van der Waals surface area contributed by atoms with Gasteiger partial charge in [-0.1, -0.05) is 30.3 Å². The lowest BCUT2D eigenvalue weighted by Crippen LogP contribution is -2.36. The molecule has 0 saturated heterocycles. The maximum absolute atomic E-state index is 9.88. The van der Waals surface area contributed by atoms with Gasteiger partial charge in [-0.05, 0) is 37.6 Å². The zero-order chi connectivity index (χ0) is 20.3. The van der Waals surface area contributed by atoms with Crippen LogP contribution in [0.1, 0.15) is 23.6 Å². The number of nitrogens with zero attached hydrogens (tertiary/aromatic N) is 4. The van der Waals surface area contributed by atoms with Gasteiger partial charge in [-0.2, -0.15) is 10.5 Å². The average molecular weight is 378 g/mol. The van der Waals surface area contributed by atoms with E-state index in [0.717, 1.165) is 44.6 Å². The van der Waals surface area contributed by atoms with Crippen LogP contribution in [0.15, 0.2) is 52.9 Å². The predicted octanol–water partition coefficient (Wildman–Crippen LogP) is 5.57. The SMILES string of the molecule is Cc1ccc2c(oc3ccccc32)c1N1c2c(ccc(C#N)c2C#N)N(C)[C@@H]1C. The van der Waals surface area contributed by atoms with Gasteiger partial charge in [0.05, 0.1) is 28.2 Å². The summed E-state index contributed by atoms with van der Waals surface area (Å²) in [5, 5.41) is 21.5. The normalized spacial score (nSPS) is 15.6. The molecule has 0 bridgehead atoms. The molecule has 140 valence electrons. The van der Waals surface area contributed by atoms with E-state index in [1.165, 1.54) is 0 Å². The Labute approximate surface area is 168 Å². The molecule has 1 aliphatic rings. The molecule has 0 N–H and O–H groups in total. The maximum atomic E-state index is 9.88. The third kappa shape index (κ3) is 2.19. The van der Waals surface area contributed by atoms with Crippen molar-refractivity contribution >= 4 is 39.0 Å². The molecule has 0 spiro atoms. The smallest absolute Gasteiger partial charge is 0.159 e. The van der Waals surface area contributed by atoms with Crippen molar-refractivity contribution in [3.63, 3.8) is 0 Å². The van der Waals surface area contributed by atoms with E-state index < -0.39 is 0 Å². The summed E-state index contributed by atoms with van der Waals surface area (Å²) in [5.41, 5.74) is 6.09. The number of benzene rings is 3. The summed E-state index contributed by atoms with van der Waals surface area (Å²) in [6.07, 6.45) is -0.0384. The summed E-state index contributed by atoms with van der Waals surface area (Å²) in [4.78, 5) is 4.26. The van der Waals surface area contributed by atoms with E-state index >= 15 is 0 Å². The maximum Gasteiger partial charge on any atom is 0.159 e. The van der Waals surface area contributed by atoms with Gasteiger partial charge in [0, 0.05) is 17.8 Å². The minimum Gasteiger partial charge on any atom is -0.454 e. The lowest BCUT2D eigenvalue weighted by Gasteiger charge is -2.29. The predicted molar refractivity (Wildman–Crippen MR) is 114 cm³/mol. The fourth-order valence-corrected chi connectivity index (χ4v) is 4.35. The highest BCUT2D eigenvalue weighted by Crippen LogP contribution is 2.50. The molecule has 1 aliphatic heterocycles. The number of aryl methyl sites for hydroxylation is 1. The second kappa shape index (κ2) is 6.02. The van der Waals surface area contributed by atoms with Crippen LogP contribution in [0.4, 0.5) is 17.1 Å². The van der Waals surface area contributed by atoms with Crippen molar-refractivity contribution in [2.45, 2.75) is 20.0 Å². The highest BCUT2D eigenvalue weighted by molar-refractivity contribution is 6.11. The minimum atomic E-state index is -0.0384. The van der Waals surface area contributed by atoms with E-state index in [1.54, 1.807) is 6.07 Å². The van der Waals surface area contributed by atoms with Crippen LogP contribution in [-0.4, -0.2) is 13.2 Å². The Morgan fingerprint density at radius 3 is 2.48 bits per heavy atom. The van der Waals surface area contributed by atoms with Crippen LogP contribution in [0.5, 0.6) is 0 Å². The molecule has 4 aromatic rings. The van der Waals surface area contributed by atoms with Gasteiger partial charge in [0.25, 0.3) is 0 Å². The highest BCUT2D eigenvalue weighted by atomic mass is 16.3. The summed E-state index contributed by atoms with van der Waals surface area (Å²) in [6.45, 7) is 4.14. The molecule has 5 nitrogen and oxygen atoms in total. The lowest BCUT2D eigenvalue weighted by molar-refractivity contribution is 0.661. The summed E-state index contributed by atoms with van der Waals surface area (Å²) < 4.78 is 6.30. The van der Waals surface area contributed by atoms with Gasteiger partial charge >= 0.3 is 0 Å². The van der Waals surface area contributed by atoms with Gasteiger partial charge in [0.2, 0.25) is 0 Å². The molecule has 0 aliphatic carbocycles. The van der Waals surface area contributed by atoms with Crippen molar-refractivity contribution in [1.29, 1.82) is 10.5 Å². The molecule has 0 fully saturated rings. The highest BCUT2D eigenvalue weighted by Gasteiger charge is 2.37. The van der Waals surface area contributed by atoms with Crippen molar-refractivity contribution in [3.05, 3.63) is 65.2 Å². The molecule has 5 heteroatoms. The first-order chi connectivity index (χ1) is 14.1. The Kier molecular flexibility index (Phi) is 3.56. The molecule has 29 heavy (non-hydrogen) atoms. The summed E-state index contributed by atoms with van der Waals surface area (Å²) >= 11 is 0. The zero-order valence-electron chi connectivity index (χ0n) is 16.4. The average Bonchev–Trinajstić information content (AvgIpc) is 3.23. The summed E-state index contributed by atoms with van der Waals surface area (Å²) in [5.74, 6) is 0. The zero-order valence-corrected chi connectivity index (χ0v) is 16.4. The van der Waals surface area contributed by atoms with E-state index in [4.69, 9.17) is 4.42 Å². The molecule has 0 radical (unpaired) electrons. The molecule has 0 unspecified atom stereocenters. The molecule has 2 heterocycles. The van der Waals surface area contributed by atoms with E-state index in [-0.39, 0.29) is 6.17 Å². The second-order valence-corrected chi connectivity index (χ2v) is 7.40. The Hall–Kier alpha value is -3.96. The molecule has 1 atom stereocenters. The number of furan rings is 1. The van der Waals surface area contributed by atoms with Crippen LogP contribution in [0, 0.1) is 29.6 Å². The van der Waals surface area contributed by atoms with Crippen LogP contribution in [0.25, 0.3) is 21.9 Å². The Morgan fingerprint density at radius 1 is 0.931 bits per heavy atom. The van der Waals surface area contributed by atoms with Crippen molar-refractivity contribution in [3.8, 4) is 12.1 Å². The minimum absolute atomic E-state index is 0.0384. The number of hydrogen-bond acceptors (Lipinski definition) is 5. The molecular formula is C24H18N4O. The van der Waals surface area contributed by atoms with Crippen LogP contribution in [-0.2, 0) is 0 Å². The van der Waals surface area contributed by atoms with Crippen LogP contribution >= 0.6 is 0 Å². The van der Waals surface area contributed by atoms with E-state index in [1.807, 2.05) is 38.2 Å². The molecular weight excluding hydrogens is 360 g/mol. The molecule has 0 amide bonds. The van der Waals surface area contributed by atoms with Crippen molar-refractivity contribution < 1.29 is 4.42 Å². The quantitative estimate of drug-likeness (QED) is 0.433. The van der Waals surface area contributed by atoms with Crippen LogP contribution in [0.3, 0.4) is 0 Å². The third-order valence-electron chi connectivity index (χ3n) is 5.91. The fraction of sp³-hybridized carbons (Fsp3) is 0.167. The number of hydrogen-bond donors (Lipinski definition) is 0. The fourth-order valence-electron chi connectivity index (χ4n) is 4.35. The van der Waals surface area contributed by atoms with Gasteiger partial charge in [-0.25, -0.2) is 0 Å². The first-order valence-electron chi connectivity index (χ1n) is 9.47. The topological polar surface area (TPSA) is 67.2 Å². The first kappa shape index (κ1) is 17.2. The Balaban J connectivity index is 1.89. The van der Waals surface area contributed by atoms with Gasteiger partial charge in [0.15, 0.2) is 5.58 Å². The Bertz CT molecular complexity index is 1390. The van der Waals surface area contributed by atoms with Crippen LogP contribution in [0.2, 0.25) is 0 Å². The molecule has 1 aromatic heterocycles. The second-order valence-electron chi connectivity index (χ2n) is 7.40. The number of nitriles is 2. The first-order valence-corrected chi connectivity index (χ1v) is 9.47. The number of rotatable bonds is 1. The third-order valence-corrected chi connectivity index (χ3v) is 5.91. The van der Waals surface area contributed by atoms with E-state index in [0.29, 0.717) is 11.1 Å². The van der Waals surface area contributed by atoms with Gasteiger partial charge < -0.3 is 14.2 Å². The molecule has 0 saturated carbocycles. The van der Waals surface area contributed by atoms with E-state index in [9.17, 15) is 10.5 Å². The lowest BCUT2D eigenvalue weighted by atomic mass is 10.0. The summed E-state index contributed by atoms with van der Waals surface area (Å²) in [6, 6.07) is 20.2. The van der Waals surface area contributed by atoms with Gasteiger partial charge in [-0.15, -0.1) is 0 Å². The summed E-state index contributed by atoms with van der Waals surface area (Å²) in [7, 11) is 2.00. The van der Waals surface area contributed by atoms with Crippen molar-refractivity contribution in [1.82, 2.24) is 0 Å². The molecule has 5 rings (SSSR count). The van der Waals surface area contributed by atoms with Gasteiger partial charge in [0.1, 0.15) is 23.9 Å². The van der Waals surface area contributed by atoms with Crippen LogP contribution < -0.4 is 9.80 Å². The Morgan fingerprint density at radius 2 is 1.72 bits per heavy atom. The van der Waals surface area contributed by atoms with Crippen molar-refractivity contribution in [2.24, 2.45) is 0 Å². The van der Waals surface area contributed by atoms with Crippen molar-refractivity contribution in [2.75, 3.05) is 16.8 Å². The number of fused-ring (bicyclic) bond motifs is 4. The number of anilines is 3. The standard InChI is InChI=1S/C24H18N4O/c1-14-8-10-18-17-6-4-5-7-21(17)29-24(18)22(14)28-15(2)27(3)20-11-9-16(12-25)19(13-26)23(20)28/h4-11,15H,1-3H3/t15-/m0/s1. The largest absolute Gasteiger partial charge is 0.454 e. The van der Waals surface area contributed by atoms with Gasteiger partial charge in [-0.3, -0.25) is 0 Å². The monoisotopic (exact) mass is 378 g/mol. The number of para-hydroxylation sites is 1. The molecule has 3 aromatic carbocycles.